The number of hydrogen-bond acceptors (Lipinski definition) is 3. The number of rotatable bonds is 3. The highest BCUT2D eigenvalue weighted by molar-refractivity contribution is 9.10. The van der Waals surface area contributed by atoms with E-state index in [9.17, 15) is 4.79 Å². The van der Waals surface area contributed by atoms with E-state index in [1.165, 1.54) is 0 Å². The summed E-state index contributed by atoms with van der Waals surface area (Å²) in [7, 11) is 1.60. The minimum atomic E-state index is 0.0496. The zero-order chi connectivity index (χ0) is 16.3. The number of hydrogen-bond donors (Lipinski definition) is 0. The van der Waals surface area contributed by atoms with Crippen LogP contribution in [-0.4, -0.2) is 55.5 Å². The van der Waals surface area contributed by atoms with Crippen molar-refractivity contribution >= 4 is 21.8 Å². The van der Waals surface area contributed by atoms with Gasteiger partial charge < -0.3 is 9.64 Å². The number of nitrogens with zero attached hydrogens (tertiary/aromatic N) is 2. The van der Waals surface area contributed by atoms with Gasteiger partial charge in [0.05, 0.1) is 12.7 Å². The third kappa shape index (κ3) is 4.46. The lowest BCUT2D eigenvalue weighted by Gasteiger charge is -2.38. The smallest absolute Gasteiger partial charge is 0.257 e. The lowest BCUT2D eigenvalue weighted by molar-refractivity contribution is 0.0589. The standard InChI is InChI=1S/C17H25BrN2O2/c1-17(2,3)12-19-7-9-20(10-8-19)16(21)14-11-13(18)5-6-15(14)22-4/h5-6,11H,7-10,12H2,1-4H3. The molecule has 22 heavy (non-hydrogen) atoms. The molecule has 5 heteroatoms. The van der Waals surface area contributed by atoms with Gasteiger partial charge in [0, 0.05) is 37.2 Å². The van der Waals surface area contributed by atoms with Crippen molar-refractivity contribution in [3.05, 3.63) is 28.2 Å². The first-order chi connectivity index (χ1) is 10.3. The molecule has 0 radical (unpaired) electrons. The van der Waals surface area contributed by atoms with Crippen LogP contribution in [0, 0.1) is 5.41 Å². The number of benzene rings is 1. The fourth-order valence-corrected chi connectivity index (χ4v) is 3.16. The highest BCUT2D eigenvalue weighted by Crippen LogP contribution is 2.25. The summed E-state index contributed by atoms with van der Waals surface area (Å²) in [4.78, 5) is 17.1. The Bertz CT molecular complexity index is 532. The molecular weight excluding hydrogens is 344 g/mol. The van der Waals surface area contributed by atoms with Gasteiger partial charge in [-0.25, -0.2) is 0 Å². The minimum absolute atomic E-state index is 0.0496. The number of carbonyl (C=O) groups excluding carboxylic acids is 1. The van der Waals surface area contributed by atoms with Crippen molar-refractivity contribution in [3.63, 3.8) is 0 Å². The van der Waals surface area contributed by atoms with Crippen LogP contribution in [0.4, 0.5) is 0 Å². The third-order valence-electron chi connectivity index (χ3n) is 3.75. The molecule has 1 heterocycles. The molecular formula is C17H25BrN2O2. The Labute approximate surface area is 141 Å². The van der Waals surface area contributed by atoms with Crippen LogP contribution in [-0.2, 0) is 0 Å². The largest absolute Gasteiger partial charge is 0.496 e. The average Bonchev–Trinajstić information content (AvgIpc) is 2.45. The van der Waals surface area contributed by atoms with Crippen molar-refractivity contribution in [2.75, 3.05) is 39.8 Å². The molecule has 0 spiro atoms. The molecule has 0 unspecified atom stereocenters. The molecule has 0 bridgehead atoms. The molecule has 1 aromatic rings. The van der Waals surface area contributed by atoms with Gasteiger partial charge in [-0.2, -0.15) is 0 Å². The van der Waals surface area contributed by atoms with Crippen LogP contribution >= 0.6 is 15.9 Å². The monoisotopic (exact) mass is 368 g/mol. The lowest BCUT2D eigenvalue weighted by Crippen LogP contribution is -2.50. The molecule has 1 saturated heterocycles. The highest BCUT2D eigenvalue weighted by atomic mass is 79.9. The topological polar surface area (TPSA) is 32.8 Å². The zero-order valence-electron chi connectivity index (χ0n) is 13.9. The second kappa shape index (κ2) is 7.01. The third-order valence-corrected chi connectivity index (χ3v) is 4.24. The van der Waals surface area contributed by atoms with Gasteiger partial charge in [0.25, 0.3) is 5.91 Å². The minimum Gasteiger partial charge on any atom is -0.496 e. The van der Waals surface area contributed by atoms with E-state index in [1.807, 2.05) is 23.1 Å². The Hall–Kier alpha value is -1.07. The number of ether oxygens (including phenoxy) is 1. The second-order valence-electron chi connectivity index (χ2n) is 6.97. The van der Waals surface area contributed by atoms with E-state index >= 15 is 0 Å². The van der Waals surface area contributed by atoms with Crippen molar-refractivity contribution in [2.45, 2.75) is 20.8 Å². The molecule has 1 aliphatic heterocycles. The second-order valence-corrected chi connectivity index (χ2v) is 7.89. The molecule has 1 aliphatic rings. The Morgan fingerprint density at radius 1 is 1.23 bits per heavy atom. The van der Waals surface area contributed by atoms with Crippen LogP contribution in [0.1, 0.15) is 31.1 Å². The highest BCUT2D eigenvalue weighted by Gasteiger charge is 2.26. The van der Waals surface area contributed by atoms with Gasteiger partial charge in [-0.05, 0) is 23.6 Å². The van der Waals surface area contributed by atoms with E-state index in [0.29, 0.717) is 16.7 Å². The van der Waals surface area contributed by atoms with Crippen molar-refractivity contribution in [2.24, 2.45) is 5.41 Å². The zero-order valence-corrected chi connectivity index (χ0v) is 15.4. The summed E-state index contributed by atoms with van der Waals surface area (Å²) >= 11 is 3.43. The van der Waals surface area contributed by atoms with Crippen LogP contribution in [0.15, 0.2) is 22.7 Å². The first kappa shape index (κ1) is 17.3. The Morgan fingerprint density at radius 3 is 2.41 bits per heavy atom. The maximum atomic E-state index is 12.7. The summed E-state index contributed by atoms with van der Waals surface area (Å²) in [6.45, 7) is 11.2. The predicted octanol–water partition coefficient (Wildman–Crippen LogP) is 3.26. The number of carbonyl (C=O) groups is 1. The molecule has 1 amide bonds. The maximum absolute atomic E-state index is 12.7. The summed E-state index contributed by atoms with van der Waals surface area (Å²) in [6, 6.07) is 5.55. The molecule has 122 valence electrons. The molecule has 4 nitrogen and oxygen atoms in total. The first-order valence-electron chi connectivity index (χ1n) is 7.65. The quantitative estimate of drug-likeness (QED) is 0.820. The van der Waals surface area contributed by atoms with E-state index in [-0.39, 0.29) is 5.91 Å². The van der Waals surface area contributed by atoms with Gasteiger partial charge >= 0.3 is 0 Å². The molecule has 1 aromatic carbocycles. The average molecular weight is 369 g/mol. The van der Waals surface area contributed by atoms with Gasteiger partial charge in [0.15, 0.2) is 0 Å². The van der Waals surface area contributed by atoms with Crippen LogP contribution in [0.25, 0.3) is 0 Å². The first-order valence-corrected chi connectivity index (χ1v) is 8.44. The van der Waals surface area contributed by atoms with E-state index in [0.717, 1.165) is 37.2 Å². The van der Waals surface area contributed by atoms with Crippen molar-refractivity contribution < 1.29 is 9.53 Å². The summed E-state index contributed by atoms with van der Waals surface area (Å²) in [6.07, 6.45) is 0. The molecule has 0 aromatic heterocycles. The van der Waals surface area contributed by atoms with Crippen molar-refractivity contribution in [3.8, 4) is 5.75 Å². The van der Waals surface area contributed by atoms with Gasteiger partial charge in [-0.3, -0.25) is 9.69 Å². The Morgan fingerprint density at radius 2 is 1.86 bits per heavy atom. The van der Waals surface area contributed by atoms with Gasteiger partial charge in [0.2, 0.25) is 0 Å². The van der Waals surface area contributed by atoms with Gasteiger partial charge in [-0.1, -0.05) is 36.7 Å². The SMILES string of the molecule is COc1ccc(Br)cc1C(=O)N1CCN(CC(C)(C)C)CC1. The van der Waals surface area contributed by atoms with Gasteiger partial charge in [0.1, 0.15) is 5.75 Å². The van der Waals surface area contributed by atoms with E-state index < -0.39 is 0 Å². The van der Waals surface area contributed by atoms with E-state index in [2.05, 4.69) is 41.6 Å². The number of piperazine rings is 1. The summed E-state index contributed by atoms with van der Waals surface area (Å²) in [5, 5.41) is 0. The molecule has 2 rings (SSSR count). The van der Waals surface area contributed by atoms with Crippen LogP contribution in [0.5, 0.6) is 5.75 Å². The normalized spacial score (nSPS) is 16.7. The Kier molecular flexibility index (Phi) is 5.50. The molecule has 0 atom stereocenters. The van der Waals surface area contributed by atoms with E-state index in [1.54, 1.807) is 7.11 Å². The molecule has 1 fully saturated rings. The summed E-state index contributed by atoms with van der Waals surface area (Å²) in [5.41, 5.74) is 0.917. The molecule has 0 N–H and O–H groups in total. The van der Waals surface area contributed by atoms with Gasteiger partial charge in [-0.15, -0.1) is 0 Å². The fraction of sp³-hybridized carbons (Fsp3) is 0.588. The van der Waals surface area contributed by atoms with Crippen molar-refractivity contribution in [1.82, 2.24) is 9.80 Å². The summed E-state index contributed by atoms with van der Waals surface area (Å²) < 4.78 is 6.21. The number of methoxy groups -OCH3 is 1. The Balaban J connectivity index is 2.02. The predicted molar refractivity (Wildman–Crippen MR) is 92.5 cm³/mol. The number of amides is 1. The van der Waals surface area contributed by atoms with Crippen LogP contribution < -0.4 is 4.74 Å². The maximum Gasteiger partial charge on any atom is 0.257 e. The van der Waals surface area contributed by atoms with Crippen LogP contribution in [0.2, 0.25) is 0 Å². The lowest BCUT2D eigenvalue weighted by atomic mass is 9.96. The van der Waals surface area contributed by atoms with Crippen molar-refractivity contribution in [1.29, 1.82) is 0 Å². The molecule has 0 saturated carbocycles. The number of halogens is 1. The molecule has 0 aliphatic carbocycles. The van der Waals surface area contributed by atoms with E-state index in [4.69, 9.17) is 4.74 Å². The van der Waals surface area contributed by atoms with Crippen LogP contribution in [0.3, 0.4) is 0 Å². The summed E-state index contributed by atoms with van der Waals surface area (Å²) in [5.74, 6) is 0.680. The fourth-order valence-electron chi connectivity index (χ4n) is 2.80.